The molecule has 116 valence electrons. The van der Waals surface area contributed by atoms with Crippen molar-refractivity contribution in [2.45, 2.75) is 57.9 Å². The number of hydrogen-bond donors (Lipinski definition) is 1. The lowest BCUT2D eigenvalue weighted by Gasteiger charge is -2.28. The topological polar surface area (TPSA) is 21.3 Å². The number of ether oxygens (including phenoxy) is 1. The highest BCUT2D eigenvalue weighted by molar-refractivity contribution is 9.10. The molecule has 1 N–H and O–H groups in total. The zero-order valence-corrected chi connectivity index (χ0v) is 14.5. The second-order valence-electron chi connectivity index (χ2n) is 6.43. The third kappa shape index (κ3) is 3.62. The van der Waals surface area contributed by atoms with Crippen LogP contribution in [0, 0.1) is 5.92 Å². The molecule has 1 aromatic carbocycles. The lowest BCUT2D eigenvalue weighted by atomic mass is 9.83. The maximum absolute atomic E-state index is 5.94. The van der Waals surface area contributed by atoms with Gasteiger partial charge in [0.2, 0.25) is 0 Å². The van der Waals surface area contributed by atoms with Crippen LogP contribution in [-0.4, -0.2) is 13.2 Å². The van der Waals surface area contributed by atoms with Gasteiger partial charge in [-0.3, -0.25) is 0 Å². The van der Waals surface area contributed by atoms with Gasteiger partial charge in [-0.05, 0) is 36.6 Å². The molecule has 0 spiro atoms. The maximum Gasteiger partial charge on any atom is 0.127 e. The number of hydrogen-bond acceptors (Lipinski definition) is 2. The van der Waals surface area contributed by atoms with Crippen molar-refractivity contribution in [3.05, 3.63) is 27.7 Å². The maximum atomic E-state index is 5.94. The van der Waals surface area contributed by atoms with Gasteiger partial charge in [0.15, 0.2) is 0 Å². The van der Waals surface area contributed by atoms with Gasteiger partial charge in [0.25, 0.3) is 0 Å². The van der Waals surface area contributed by atoms with Crippen molar-refractivity contribution in [1.82, 2.24) is 5.32 Å². The van der Waals surface area contributed by atoms with Crippen LogP contribution < -0.4 is 10.1 Å². The predicted molar refractivity (Wildman–Crippen MR) is 91.0 cm³/mol. The molecule has 3 heteroatoms. The van der Waals surface area contributed by atoms with Gasteiger partial charge in [-0.1, -0.05) is 55.0 Å². The fraction of sp³-hybridized carbons (Fsp3) is 0.667. The molecule has 21 heavy (non-hydrogen) atoms. The molecule has 2 aliphatic rings. The summed E-state index contributed by atoms with van der Waals surface area (Å²) < 4.78 is 7.13. The van der Waals surface area contributed by atoms with Gasteiger partial charge in [0.05, 0.1) is 6.61 Å². The smallest absolute Gasteiger partial charge is 0.127 e. The van der Waals surface area contributed by atoms with Crippen LogP contribution in [0.4, 0.5) is 0 Å². The van der Waals surface area contributed by atoms with E-state index in [2.05, 4.69) is 40.3 Å². The van der Waals surface area contributed by atoms with Gasteiger partial charge in [-0.25, -0.2) is 0 Å². The third-order valence-electron chi connectivity index (χ3n) is 4.90. The van der Waals surface area contributed by atoms with E-state index in [1.807, 2.05) is 0 Å². The first kappa shape index (κ1) is 15.4. The van der Waals surface area contributed by atoms with E-state index in [-0.39, 0.29) is 0 Å². The quantitative estimate of drug-likeness (QED) is 0.805. The van der Waals surface area contributed by atoms with Crippen LogP contribution in [0.5, 0.6) is 5.75 Å². The molecule has 0 saturated heterocycles. The standard InChI is InChI=1S/C18H26BrNO/c1-2-20-17(10-13-6-4-3-5-7-13)16-12-15(19)11-14-8-9-21-18(14)16/h11-13,17,20H,2-10H2,1H3. The Hall–Kier alpha value is -0.540. The van der Waals surface area contributed by atoms with Crippen molar-refractivity contribution in [2.24, 2.45) is 5.92 Å². The highest BCUT2D eigenvalue weighted by atomic mass is 79.9. The van der Waals surface area contributed by atoms with E-state index >= 15 is 0 Å². The zero-order valence-electron chi connectivity index (χ0n) is 13.0. The minimum atomic E-state index is 0.433. The number of rotatable bonds is 5. The predicted octanol–water partition coefficient (Wildman–Crippen LogP) is 5.01. The van der Waals surface area contributed by atoms with E-state index in [4.69, 9.17) is 4.74 Å². The molecule has 0 amide bonds. The Balaban J connectivity index is 1.83. The summed E-state index contributed by atoms with van der Waals surface area (Å²) in [5.41, 5.74) is 2.73. The first-order chi connectivity index (χ1) is 10.3. The monoisotopic (exact) mass is 351 g/mol. The van der Waals surface area contributed by atoms with E-state index in [9.17, 15) is 0 Å². The van der Waals surface area contributed by atoms with Crippen LogP contribution in [0.25, 0.3) is 0 Å². The van der Waals surface area contributed by atoms with Gasteiger partial charge in [-0.15, -0.1) is 0 Å². The molecule has 0 aromatic heterocycles. The van der Waals surface area contributed by atoms with Crippen LogP contribution in [0.15, 0.2) is 16.6 Å². The van der Waals surface area contributed by atoms with Crippen molar-refractivity contribution in [2.75, 3.05) is 13.2 Å². The zero-order chi connectivity index (χ0) is 14.7. The summed E-state index contributed by atoms with van der Waals surface area (Å²) in [6.45, 7) is 4.05. The minimum Gasteiger partial charge on any atom is -0.493 e. The summed E-state index contributed by atoms with van der Waals surface area (Å²) in [5, 5.41) is 3.70. The largest absolute Gasteiger partial charge is 0.493 e. The van der Waals surface area contributed by atoms with Gasteiger partial charge in [0.1, 0.15) is 5.75 Å². The molecule has 1 aliphatic heterocycles. The third-order valence-corrected chi connectivity index (χ3v) is 5.35. The Labute approximate surface area is 136 Å². The fourth-order valence-corrected chi connectivity index (χ4v) is 4.40. The number of nitrogens with one attached hydrogen (secondary N) is 1. The Morgan fingerprint density at radius 3 is 2.86 bits per heavy atom. The average molecular weight is 352 g/mol. The van der Waals surface area contributed by atoms with Crippen molar-refractivity contribution in [3.8, 4) is 5.75 Å². The summed E-state index contributed by atoms with van der Waals surface area (Å²) in [4.78, 5) is 0. The highest BCUT2D eigenvalue weighted by Gasteiger charge is 2.25. The summed E-state index contributed by atoms with van der Waals surface area (Å²) in [5.74, 6) is 2.03. The van der Waals surface area contributed by atoms with E-state index in [1.54, 1.807) is 0 Å². The molecule has 1 saturated carbocycles. The lowest BCUT2D eigenvalue weighted by Crippen LogP contribution is -2.25. The number of fused-ring (bicyclic) bond motifs is 1. The van der Waals surface area contributed by atoms with E-state index < -0.39 is 0 Å². The Morgan fingerprint density at radius 2 is 2.10 bits per heavy atom. The van der Waals surface area contributed by atoms with Crippen molar-refractivity contribution >= 4 is 15.9 Å². The highest BCUT2D eigenvalue weighted by Crippen LogP contribution is 2.40. The van der Waals surface area contributed by atoms with Crippen LogP contribution in [-0.2, 0) is 6.42 Å². The normalized spacial score (nSPS) is 20.1. The summed E-state index contributed by atoms with van der Waals surface area (Å²) in [6, 6.07) is 4.91. The first-order valence-corrected chi connectivity index (χ1v) is 9.25. The molecule has 1 unspecified atom stereocenters. The molecule has 1 aromatic rings. The summed E-state index contributed by atoms with van der Waals surface area (Å²) in [6.07, 6.45) is 9.35. The molecule has 0 bridgehead atoms. The molecule has 1 atom stereocenters. The van der Waals surface area contributed by atoms with Gasteiger partial charge >= 0.3 is 0 Å². The van der Waals surface area contributed by atoms with Crippen molar-refractivity contribution in [1.29, 1.82) is 0 Å². The first-order valence-electron chi connectivity index (χ1n) is 8.46. The Bertz CT molecular complexity index is 482. The average Bonchev–Trinajstić information content (AvgIpc) is 2.95. The second kappa shape index (κ2) is 7.15. The molecule has 3 rings (SSSR count). The van der Waals surface area contributed by atoms with E-state index in [1.165, 1.54) is 54.1 Å². The molecule has 1 aliphatic carbocycles. The summed E-state index contributed by atoms with van der Waals surface area (Å²) in [7, 11) is 0. The minimum absolute atomic E-state index is 0.433. The lowest BCUT2D eigenvalue weighted by molar-refractivity contribution is 0.294. The van der Waals surface area contributed by atoms with Crippen molar-refractivity contribution in [3.63, 3.8) is 0 Å². The molecule has 1 fully saturated rings. The SMILES string of the molecule is CCNC(CC1CCCCC1)c1cc(Br)cc2c1OCC2. The van der Waals surface area contributed by atoms with Crippen molar-refractivity contribution < 1.29 is 4.74 Å². The molecular weight excluding hydrogens is 326 g/mol. The number of halogens is 1. The van der Waals surface area contributed by atoms with Gasteiger partial charge in [-0.2, -0.15) is 0 Å². The van der Waals surface area contributed by atoms with Crippen LogP contribution in [0.3, 0.4) is 0 Å². The Morgan fingerprint density at radius 1 is 1.29 bits per heavy atom. The fourth-order valence-electron chi connectivity index (χ4n) is 3.88. The molecule has 1 heterocycles. The summed E-state index contributed by atoms with van der Waals surface area (Å²) >= 11 is 3.68. The van der Waals surface area contributed by atoms with Gasteiger partial charge in [0, 0.05) is 22.5 Å². The van der Waals surface area contributed by atoms with Crippen LogP contribution in [0.2, 0.25) is 0 Å². The van der Waals surface area contributed by atoms with Crippen LogP contribution in [0.1, 0.15) is 62.6 Å². The second-order valence-corrected chi connectivity index (χ2v) is 7.35. The van der Waals surface area contributed by atoms with Crippen LogP contribution >= 0.6 is 15.9 Å². The van der Waals surface area contributed by atoms with E-state index in [0.29, 0.717) is 6.04 Å². The van der Waals surface area contributed by atoms with E-state index in [0.717, 1.165) is 31.2 Å². The molecule has 2 nitrogen and oxygen atoms in total. The van der Waals surface area contributed by atoms with Gasteiger partial charge < -0.3 is 10.1 Å². The molecule has 0 radical (unpaired) electrons. The Kier molecular flexibility index (Phi) is 5.23. The number of benzene rings is 1. The molecular formula is C18H26BrNO.